The molecular formula is C21H19ClO5. The molecule has 27 heavy (non-hydrogen) atoms. The molecule has 0 spiro atoms. The predicted molar refractivity (Wildman–Crippen MR) is 105 cm³/mol. The smallest absolute Gasteiger partial charge is 0.341 e. The number of hydrogen-bond acceptors (Lipinski definition) is 4. The summed E-state index contributed by atoms with van der Waals surface area (Å²) in [7, 11) is 0. The lowest BCUT2D eigenvalue weighted by atomic mass is 9.91. The number of carbonyl (C=O) groups is 1. The molecule has 2 aromatic carbocycles. The molecule has 1 heterocycles. The molecule has 3 rings (SSSR count). The average molecular weight is 387 g/mol. The van der Waals surface area contributed by atoms with Crippen LogP contribution in [0.5, 0.6) is 5.75 Å². The molecule has 6 heteroatoms. The van der Waals surface area contributed by atoms with E-state index in [1.165, 1.54) is 6.07 Å². The number of rotatable bonds is 4. The zero-order valence-corrected chi connectivity index (χ0v) is 16.2. The number of fused-ring (bicyclic) bond motifs is 1. The lowest BCUT2D eigenvalue weighted by molar-refractivity contribution is -0.139. The molecule has 0 unspecified atom stereocenters. The van der Waals surface area contributed by atoms with Gasteiger partial charge < -0.3 is 14.3 Å². The third-order valence-electron chi connectivity index (χ3n) is 4.91. The standard InChI is InChI=1S/C21H19ClO5/c1-10-11(2)13(4)21(26-9-19(24)25)20(12(10)3)18-8-16(23)15-6-5-14(22)7-17(15)27-18/h5-8H,9H2,1-4H3,(H,24,25). The van der Waals surface area contributed by atoms with Gasteiger partial charge in [0.25, 0.3) is 0 Å². The zero-order chi connectivity index (χ0) is 19.9. The highest BCUT2D eigenvalue weighted by Gasteiger charge is 2.21. The van der Waals surface area contributed by atoms with Crippen molar-refractivity contribution in [2.45, 2.75) is 27.7 Å². The summed E-state index contributed by atoms with van der Waals surface area (Å²) in [6.45, 7) is 7.19. The first-order valence-electron chi connectivity index (χ1n) is 8.39. The molecule has 0 aliphatic carbocycles. The Morgan fingerprint density at radius 3 is 2.41 bits per heavy atom. The Morgan fingerprint density at radius 1 is 1.07 bits per heavy atom. The van der Waals surface area contributed by atoms with Crippen LogP contribution < -0.4 is 10.2 Å². The number of carboxylic acid groups (broad SMARTS) is 1. The Bertz CT molecular complexity index is 1130. The van der Waals surface area contributed by atoms with E-state index in [9.17, 15) is 9.59 Å². The molecule has 0 bridgehead atoms. The first kappa shape index (κ1) is 19.0. The van der Waals surface area contributed by atoms with Gasteiger partial charge in [-0.15, -0.1) is 0 Å². The molecule has 1 aromatic heterocycles. The van der Waals surface area contributed by atoms with Gasteiger partial charge >= 0.3 is 5.97 Å². The molecule has 5 nitrogen and oxygen atoms in total. The van der Waals surface area contributed by atoms with Gasteiger partial charge in [0, 0.05) is 17.2 Å². The molecule has 0 aliphatic heterocycles. The summed E-state index contributed by atoms with van der Waals surface area (Å²) in [6.07, 6.45) is 0. The quantitative estimate of drug-likeness (QED) is 0.696. The van der Waals surface area contributed by atoms with Crippen molar-refractivity contribution in [2.24, 2.45) is 0 Å². The van der Waals surface area contributed by atoms with Crippen LogP contribution in [0.3, 0.4) is 0 Å². The summed E-state index contributed by atoms with van der Waals surface area (Å²) < 4.78 is 11.6. The third-order valence-corrected chi connectivity index (χ3v) is 5.14. The Balaban J connectivity index is 2.34. The number of halogens is 1. The van der Waals surface area contributed by atoms with E-state index in [0.29, 0.717) is 33.1 Å². The van der Waals surface area contributed by atoms with Crippen molar-refractivity contribution in [3.05, 3.63) is 61.8 Å². The van der Waals surface area contributed by atoms with Gasteiger partial charge in [0.2, 0.25) is 0 Å². The Hall–Kier alpha value is -2.79. The highest BCUT2D eigenvalue weighted by Crippen LogP contribution is 2.40. The van der Waals surface area contributed by atoms with E-state index in [0.717, 1.165) is 22.3 Å². The number of ether oxygens (including phenoxy) is 1. The van der Waals surface area contributed by atoms with Gasteiger partial charge in [-0.25, -0.2) is 4.79 Å². The first-order valence-corrected chi connectivity index (χ1v) is 8.77. The maximum Gasteiger partial charge on any atom is 0.341 e. The predicted octanol–water partition coefficient (Wildman–Crippen LogP) is 4.81. The largest absolute Gasteiger partial charge is 0.481 e. The van der Waals surface area contributed by atoms with Crippen LogP contribution in [0, 0.1) is 27.7 Å². The van der Waals surface area contributed by atoms with E-state index < -0.39 is 12.6 Å². The van der Waals surface area contributed by atoms with E-state index >= 15 is 0 Å². The van der Waals surface area contributed by atoms with Gasteiger partial charge in [-0.3, -0.25) is 4.79 Å². The maximum absolute atomic E-state index is 12.6. The Morgan fingerprint density at radius 2 is 1.74 bits per heavy atom. The number of carboxylic acids is 1. The molecule has 0 aliphatic rings. The SMILES string of the molecule is Cc1c(C)c(C)c(-c2cc(=O)c3ccc(Cl)cc3o2)c(OCC(=O)O)c1C. The fourth-order valence-corrected chi connectivity index (χ4v) is 3.30. The minimum Gasteiger partial charge on any atom is -0.481 e. The van der Waals surface area contributed by atoms with E-state index in [-0.39, 0.29) is 5.43 Å². The third kappa shape index (κ3) is 3.43. The summed E-state index contributed by atoms with van der Waals surface area (Å²) in [6, 6.07) is 6.24. The van der Waals surface area contributed by atoms with Gasteiger partial charge in [-0.1, -0.05) is 11.6 Å². The summed E-state index contributed by atoms with van der Waals surface area (Å²) in [5.74, 6) is -0.357. The van der Waals surface area contributed by atoms with Crippen molar-refractivity contribution in [2.75, 3.05) is 6.61 Å². The average Bonchev–Trinajstić information content (AvgIpc) is 2.61. The molecule has 0 saturated carbocycles. The summed E-state index contributed by atoms with van der Waals surface area (Å²) in [4.78, 5) is 23.6. The summed E-state index contributed by atoms with van der Waals surface area (Å²) in [5, 5.41) is 9.91. The monoisotopic (exact) mass is 386 g/mol. The van der Waals surface area contributed by atoms with Crippen LogP contribution in [0.1, 0.15) is 22.3 Å². The van der Waals surface area contributed by atoms with Crippen molar-refractivity contribution in [3.8, 4) is 17.1 Å². The minimum atomic E-state index is -1.08. The van der Waals surface area contributed by atoms with Gasteiger partial charge in [0.05, 0.1) is 10.9 Å². The van der Waals surface area contributed by atoms with E-state index in [1.807, 2.05) is 27.7 Å². The lowest BCUT2D eigenvalue weighted by Crippen LogP contribution is -2.12. The minimum absolute atomic E-state index is 0.206. The number of aliphatic carboxylic acids is 1. The second-order valence-corrected chi connectivity index (χ2v) is 6.94. The normalized spacial score (nSPS) is 11.0. The summed E-state index contributed by atoms with van der Waals surface area (Å²) >= 11 is 6.04. The van der Waals surface area contributed by atoms with Gasteiger partial charge in [-0.05, 0) is 62.1 Å². The van der Waals surface area contributed by atoms with Crippen molar-refractivity contribution in [1.29, 1.82) is 0 Å². The second-order valence-electron chi connectivity index (χ2n) is 6.50. The Labute approximate surface area is 161 Å². The van der Waals surface area contributed by atoms with Gasteiger partial charge in [-0.2, -0.15) is 0 Å². The topological polar surface area (TPSA) is 76.7 Å². The molecular weight excluding hydrogens is 368 g/mol. The summed E-state index contributed by atoms with van der Waals surface area (Å²) in [5.41, 5.74) is 4.44. The highest BCUT2D eigenvalue weighted by molar-refractivity contribution is 6.31. The molecule has 0 radical (unpaired) electrons. The molecule has 0 saturated heterocycles. The number of benzene rings is 2. The highest BCUT2D eigenvalue weighted by atomic mass is 35.5. The van der Waals surface area contributed by atoms with Gasteiger partial charge in [0.1, 0.15) is 17.1 Å². The molecule has 140 valence electrons. The van der Waals surface area contributed by atoms with E-state index in [1.54, 1.807) is 18.2 Å². The first-order chi connectivity index (χ1) is 12.7. The van der Waals surface area contributed by atoms with Gasteiger partial charge in [0.15, 0.2) is 12.0 Å². The van der Waals surface area contributed by atoms with Crippen LogP contribution in [0.25, 0.3) is 22.3 Å². The van der Waals surface area contributed by atoms with Crippen molar-refractivity contribution in [3.63, 3.8) is 0 Å². The van der Waals surface area contributed by atoms with Crippen molar-refractivity contribution < 1.29 is 19.1 Å². The van der Waals surface area contributed by atoms with Crippen molar-refractivity contribution >= 4 is 28.5 Å². The molecule has 3 aromatic rings. The zero-order valence-electron chi connectivity index (χ0n) is 15.5. The van der Waals surface area contributed by atoms with Crippen LogP contribution >= 0.6 is 11.6 Å². The fraction of sp³-hybridized carbons (Fsp3) is 0.238. The van der Waals surface area contributed by atoms with Crippen LogP contribution in [0.2, 0.25) is 5.02 Å². The van der Waals surface area contributed by atoms with Crippen LogP contribution in [-0.2, 0) is 4.79 Å². The van der Waals surface area contributed by atoms with Crippen molar-refractivity contribution in [1.82, 2.24) is 0 Å². The molecule has 0 fully saturated rings. The fourth-order valence-electron chi connectivity index (χ4n) is 3.14. The number of hydrogen-bond donors (Lipinski definition) is 1. The Kier molecular flexibility index (Phi) is 4.98. The maximum atomic E-state index is 12.6. The molecule has 1 N–H and O–H groups in total. The molecule has 0 atom stereocenters. The second kappa shape index (κ2) is 7.08. The van der Waals surface area contributed by atoms with Crippen LogP contribution in [0.15, 0.2) is 33.5 Å². The molecule has 0 amide bonds. The van der Waals surface area contributed by atoms with E-state index in [2.05, 4.69) is 0 Å². The van der Waals surface area contributed by atoms with Crippen LogP contribution in [0.4, 0.5) is 0 Å². The van der Waals surface area contributed by atoms with E-state index in [4.69, 9.17) is 25.9 Å². The lowest BCUT2D eigenvalue weighted by Gasteiger charge is -2.20. The van der Waals surface area contributed by atoms with Crippen LogP contribution in [-0.4, -0.2) is 17.7 Å².